The van der Waals surface area contributed by atoms with Gasteiger partial charge in [0.15, 0.2) is 0 Å². The number of piperidine rings is 1. The first-order valence-electron chi connectivity index (χ1n) is 7.27. The van der Waals surface area contributed by atoms with E-state index >= 15 is 0 Å². The summed E-state index contributed by atoms with van der Waals surface area (Å²) in [4.78, 5) is 31.2. The zero-order valence-corrected chi connectivity index (χ0v) is 12.2. The number of carboxylic acids is 1. The van der Waals surface area contributed by atoms with E-state index < -0.39 is 5.97 Å². The maximum absolute atomic E-state index is 11.6. The van der Waals surface area contributed by atoms with Crippen LogP contribution in [0.2, 0.25) is 0 Å². The average molecular weight is 295 g/mol. The molecule has 0 bridgehead atoms. The van der Waals surface area contributed by atoms with Gasteiger partial charge in [-0.1, -0.05) is 6.92 Å². The van der Waals surface area contributed by atoms with Crippen molar-refractivity contribution in [3.8, 4) is 0 Å². The zero-order valence-electron chi connectivity index (χ0n) is 12.2. The van der Waals surface area contributed by atoms with Gasteiger partial charge in [0.25, 0.3) is 5.56 Å². The molecule has 1 aromatic rings. The van der Waals surface area contributed by atoms with Crippen LogP contribution in [0.25, 0.3) is 0 Å². The Kier molecular flexibility index (Phi) is 5.32. The SMILES string of the molecule is CCc1nc(N2CCC(OCCC(=O)O)CC2)cc(=O)[nH]1. The quantitative estimate of drug-likeness (QED) is 0.805. The van der Waals surface area contributed by atoms with Gasteiger partial charge in [0.1, 0.15) is 11.6 Å². The molecule has 7 heteroatoms. The van der Waals surface area contributed by atoms with Crippen LogP contribution < -0.4 is 10.5 Å². The fraction of sp³-hybridized carbons (Fsp3) is 0.643. The molecular formula is C14H21N3O4. The highest BCUT2D eigenvalue weighted by Crippen LogP contribution is 2.18. The molecule has 1 aromatic heterocycles. The third-order valence-corrected chi connectivity index (χ3v) is 3.55. The van der Waals surface area contributed by atoms with Crippen molar-refractivity contribution in [1.29, 1.82) is 0 Å². The van der Waals surface area contributed by atoms with Crippen LogP contribution in [0.4, 0.5) is 5.82 Å². The Morgan fingerprint density at radius 3 is 2.86 bits per heavy atom. The minimum Gasteiger partial charge on any atom is -0.481 e. The van der Waals surface area contributed by atoms with Gasteiger partial charge in [0.2, 0.25) is 0 Å². The number of hydrogen-bond donors (Lipinski definition) is 2. The van der Waals surface area contributed by atoms with Crippen molar-refractivity contribution in [3.63, 3.8) is 0 Å². The summed E-state index contributed by atoms with van der Waals surface area (Å²) in [5.41, 5.74) is -0.128. The number of aryl methyl sites for hydroxylation is 1. The van der Waals surface area contributed by atoms with E-state index in [0.29, 0.717) is 18.1 Å². The summed E-state index contributed by atoms with van der Waals surface area (Å²) < 4.78 is 5.55. The van der Waals surface area contributed by atoms with Gasteiger partial charge in [-0.05, 0) is 12.8 Å². The van der Waals surface area contributed by atoms with Crippen molar-refractivity contribution in [2.45, 2.75) is 38.7 Å². The Balaban J connectivity index is 1.87. The monoisotopic (exact) mass is 295 g/mol. The third-order valence-electron chi connectivity index (χ3n) is 3.55. The third kappa shape index (κ3) is 4.56. The van der Waals surface area contributed by atoms with Gasteiger partial charge < -0.3 is 19.7 Å². The molecule has 0 atom stereocenters. The first kappa shape index (κ1) is 15.5. The molecule has 0 aliphatic carbocycles. The molecule has 2 N–H and O–H groups in total. The van der Waals surface area contributed by atoms with Gasteiger partial charge in [-0.15, -0.1) is 0 Å². The summed E-state index contributed by atoms with van der Waals surface area (Å²) in [6.45, 7) is 3.72. The predicted molar refractivity (Wildman–Crippen MR) is 77.7 cm³/mol. The van der Waals surface area contributed by atoms with Crippen molar-refractivity contribution >= 4 is 11.8 Å². The van der Waals surface area contributed by atoms with E-state index in [0.717, 1.165) is 25.9 Å². The highest BCUT2D eigenvalue weighted by atomic mass is 16.5. The number of nitrogens with zero attached hydrogens (tertiary/aromatic N) is 2. The van der Waals surface area contributed by atoms with Gasteiger partial charge in [-0.3, -0.25) is 9.59 Å². The van der Waals surface area contributed by atoms with Crippen molar-refractivity contribution in [1.82, 2.24) is 9.97 Å². The van der Waals surface area contributed by atoms with Crippen LogP contribution in [0.5, 0.6) is 0 Å². The summed E-state index contributed by atoms with van der Waals surface area (Å²) in [5.74, 6) is 0.559. The number of nitrogens with one attached hydrogen (secondary N) is 1. The lowest BCUT2D eigenvalue weighted by Gasteiger charge is -2.32. The van der Waals surface area contributed by atoms with Crippen molar-refractivity contribution in [3.05, 3.63) is 22.2 Å². The van der Waals surface area contributed by atoms with E-state index in [1.54, 1.807) is 0 Å². The highest BCUT2D eigenvalue weighted by Gasteiger charge is 2.21. The maximum atomic E-state index is 11.6. The van der Waals surface area contributed by atoms with Crippen LogP contribution in [0.3, 0.4) is 0 Å². The van der Waals surface area contributed by atoms with E-state index in [2.05, 4.69) is 14.9 Å². The van der Waals surface area contributed by atoms with Crippen LogP contribution in [-0.4, -0.2) is 46.8 Å². The highest BCUT2D eigenvalue weighted by molar-refractivity contribution is 5.66. The molecule has 2 heterocycles. The van der Waals surface area contributed by atoms with E-state index in [4.69, 9.17) is 9.84 Å². The van der Waals surface area contributed by atoms with Gasteiger partial charge >= 0.3 is 5.97 Å². The molecule has 0 amide bonds. The van der Waals surface area contributed by atoms with Crippen molar-refractivity contribution in [2.24, 2.45) is 0 Å². The van der Waals surface area contributed by atoms with E-state index in [9.17, 15) is 9.59 Å². The Bertz CT molecular complexity index is 535. The first-order valence-corrected chi connectivity index (χ1v) is 7.27. The summed E-state index contributed by atoms with van der Waals surface area (Å²) in [6, 6.07) is 1.52. The topological polar surface area (TPSA) is 95.5 Å². The molecule has 1 fully saturated rings. The van der Waals surface area contributed by atoms with E-state index in [1.165, 1.54) is 6.07 Å². The first-order chi connectivity index (χ1) is 10.1. The summed E-state index contributed by atoms with van der Waals surface area (Å²) in [7, 11) is 0. The molecule has 116 valence electrons. The van der Waals surface area contributed by atoms with Crippen LogP contribution in [0, 0.1) is 0 Å². The lowest BCUT2D eigenvalue weighted by molar-refractivity contribution is -0.138. The normalized spacial score (nSPS) is 16.1. The van der Waals surface area contributed by atoms with Gasteiger partial charge in [-0.25, -0.2) is 4.98 Å². The van der Waals surface area contributed by atoms with Gasteiger partial charge in [-0.2, -0.15) is 0 Å². The van der Waals surface area contributed by atoms with Gasteiger partial charge in [0.05, 0.1) is 19.1 Å². The van der Waals surface area contributed by atoms with Crippen molar-refractivity contribution in [2.75, 3.05) is 24.6 Å². The Morgan fingerprint density at radius 2 is 2.24 bits per heavy atom. The summed E-state index contributed by atoms with van der Waals surface area (Å²) >= 11 is 0. The van der Waals surface area contributed by atoms with Crippen LogP contribution in [-0.2, 0) is 16.0 Å². The standard InChI is InChI=1S/C14H21N3O4/c1-2-11-15-12(9-13(18)16-11)17-6-3-10(4-7-17)21-8-5-14(19)20/h9-10H,2-8H2,1H3,(H,19,20)(H,15,16,18). The molecule has 1 saturated heterocycles. The minimum absolute atomic E-state index is 0.0374. The molecule has 0 radical (unpaired) electrons. The maximum Gasteiger partial charge on any atom is 0.305 e. The molecule has 7 nitrogen and oxygen atoms in total. The Morgan fingerprint density at radius 1 is 1.52 bits per heavy atom. The molecular weight excluding hydrogens is 274 g/mol. The zero-order chi connectivity index (χ0) is 15.2. The van der Waals surface area contributed by atoms with Crippen LogP contribution in [0.1, 0.15) is 32.0 Å². The Labute approximate surface area is 123 Å². The van der Waals surface area contributed by atoms with E-state index in [-0.39, 0.29) is 24.7 Å². The number of H-pyrrole nitrogens is 1. The second-order valence-electron chi connectivity index (χ2n) is 5.10. The second kappa shape index (κ2) is 7.21. The van der Waals surface area contributed by atoms with Crippen molar-refractivity contribution < 1.29 is 14.6 Å². The smallest absolute Gasteiger partial charge is 0.305 e. The molecule has 1 aliphatic rings. The lowest BCUT2D eigenvalue weighted by atomic mass is 10.1. The van der Waals surface area contributed by atoms with Gasteiger partial charge in [0, 0.05) is 25.6 Å². The molecule has 0 aromatic carbocycles. The average Bonchev–Trinajstić information content (AvgIpc) is 2.47. The van der Waals surface area contributed by atoms with Crippen LogP contribution in [0.15, 0.2) is 10.9 Å². The van der Waals surface area contributed by atoms with E-state index in [1.807, 2.05) is 6.92 Å². The summed E-state index contributed by atoms with van der Waals surface area (Å²) in [5, 5.41) is 8.58. The number of aliphatic carboxylic acids is 1. The number of carbonyl (C=O) groups is 1. The second-order valence-corrected chi connectivity index (χ2v) is 5.10. The molecule has 0 spiro atoms. The molecule has 0 unspecified atom stereocenters. The number of hydrogen-bond acceptors (Lipinski definition) is 5. The fourth-order valence-electron chi connectivity index (χ4n) is 2.39. The number of aromatic nitrogens is 2. The van der Waals surface area contributed by atoms with Crippen LogP contribution >= 0.6 is 0 Å². The molecule has 21 heavy (non-hydrogen) atoms. The number of aromatic amines is 1. The largest absolute Gasteiger partial charge is 0.481 e. The number of anilines is 1. The number of ether oxygens (including phenoxy) is 1. The molecule has 0 saturated carbocycles. The number of carboxylic acid groups (broad SMARTS) is 1. The predicted octanol–water partition coefficient (Wildman–Crippen LogP) is 0.792. The Hall–Kier alpha value is -1.89. The molecule has 1 aliphatic heterocycles. The summed E-state index contributed by atoms with van der Waals surface area (Å²) in [6.07, 6.45) is 2.45. The number of rotatable bonds is 6. The molecule has 2 rings (SSSR count). The lowest BCUT2D eigenvalue weighted by Crippen LogP contribution is -2.38. The fourth-order valence-corrected chi connectivity index (χ4v) is 2.39. The minimum atomic E-state index is -0.841.